The zero-order valence-electron chi connectivity index (χ0n) is 10.9. The number of aromatic nitrogens is 2. The van der Waals surface area contributed by atoms with Crippen molar-refractivity contribution in [2.24, 2.45) is 0 Å². The average Bonchev–Trinajstić information content (AvgIpc) is 2.47. The number of nitrogens with zero attached hydrogens (tertiary/aromatic N) is 2. The van der Waals surface area contributed by atoms with Crippen LogP contribution in [0.3, 0.4) is 0 Å². The largest absolute Gasteiger partial charge is 0.337 e. The minimum absolute atomic E-state index is 0.577. The predicted octanol–water partition coefficient (Wildman–Crippen LogP) is 2.97. The lowest BCUT2D eigenvalue weighted by molar-refractivity contribution is 0.167. The van der Waals surface area contributed by atoms with Gasteiger partial charge in [0, 0.05) is 37.1 Å². The summed E-state index contributed by atoms with van der Waals surface area (Å²) in [6, 6.07) is 1.15. The molecule has 1 aromatic heterocycles. The first kappa shape index (κ1) is 13.5. The Morgan fingerprint density at radius 2 is 1.88 bits per heavy atom. The normalized spacial score (nSPS) is 12.0. The van der Waals surface area contributed by atoms with Crippen LogP contribution in [0.4, 0.5) is 0 Å². The molecule has 0 atom stereocenters. The zero-order valence-corrected chi connectivity index (χ0v) is 11.8. The molecule has 0 aliphatic heterocycles. The van der Waals surface area contributed by atoms with E-state index in [1.807, 2.05) is 6.20 Å². The quantitative estimate of drug-likeness (QED) is 0.801. The first-order chi connectivity index (χ1) is 7.43. The fourth-order valence-electron chi connectivity index (χ4n) is 2.09. The molecule has 1 heterocycles. The number of H-pyrrole nitrogens is 1. The Morgan fingerprint density at radius 1 is 1.31 bits per heavy atom. The summed E-state index contributed by atoms with van der Waals surface area (Å²) in [7, 11) is 0. The van der Waals surface area contributed by atoms with E-state index in [-0.39, 0.29) is 0 Å². The molecule has 1 N–H and O–H groups in total. The second kappa shape index (κ2) is 5.64. The van der Waals surface area contributed by atoms with Gasteiger partial charge in [0.15, 0.2) is 4.77 Å². The van der Waals surface area contributed by atoms with Crippen LogP contribution in [0.25, 0.3) is 0 Å². The zero-order chi connectivity index (χ0) is 12.3. The third-order valence-corrected chi connectivity index (χ3v) is 3.32. The van der Waals surface area contributed by atoms with Gasteiger partial charge >= 0.3 is 0 Å². The summed E-state index contributed by atoms with van der Waals surface area (Å²) in [5.74, 6) is 0. The predicted molar refractivity (Wildman–Crippen MR) is 71.3 cm³/mol. The maximum absolute atomic E-state index is 5.25. The highest BCUT2D eigenvalue weighted by molar-refractivity contribution is 7.71. The van der Waals surface area contributed by atoms with E-state index in [0.29, 0.717) is 12.1 Å². The Kier molecular flexibility index (Phi) is 4.74. The summed E-state index contributed by atoms with van der Waals surface area (Å²) in [6.45, 7) is 13.0. The Hall–Kier alpha value is -0.610. The molecule has 0 radical (unpaired) electrons. The molecule has 0 spiro atoms. The van der Waals surface area contributed by atoms with Crippen molar-refractivity contribution in [3.05, 3.63) is 16.7 Å². The molecule has 1 rings (SSSR count). The summed E-state index contributed by atoms with van der Waals surface area (Å²) in [4.78, 5) is 5.56. The van der Waals surface area contributed by atoms with Gasteiger partial charge in [-0.05, 0) is 46.8 Å². The lowest BCUT2D eigenvalue weighted by Gasteiger charge is -2.30. The molecule has 0 bridgehead atoms. The van der Waals surface area contributed by atoms with Crippen molar-refractivity contribution in [3.8, 4) is 0 Å². The number of rotatable bonds is 5. The number of hydrogen-bond donors (Lipinski definition) is 1. The van der Waals surface area contributed by atoms with E-state index in [9.17, 15) is 0 Å². The number of aryl methyl sites for hydroxylation is 1. The highest BCUT2D eigenvalue weighted by Crippen LogP contribution is 2.07. The van der Waals surface area contributed by atoms with Gasteiger partial charge in [0.2, 0.25) is 0 Å². The van der Waals surface area contributed by atoms with Crippen LogP contribution < -0.4 is 0 Å². The number of hydrogen-bond acceptors (Lipinski definition) is 2. The van der Waals surface area contributed by atoms with Gasteiger partial charge in [-0.15, -0.1) is 0 Å². The summed E-state index contributed by atoms with van der Waals surface area (Å²) < 4.78 is 2.98. The van der Waals surface area contributed by atoms with Crippen molar-refractivity contribution in [3.63, 3.8) is 0 Å². The van der Waals surface area contributed by atoms with Gasteiger partial charge in [-0.25, -0.2) is 0 Å². The Balaban J connectivity index is 2.66. The van der Waals surface area contributed by atoms with Crippen molar-refractivity contribution in [1.82, 2.24) is 14.5 Å². The summed E-state index contributed by atoms with van der Waals surface area (Å²) >= 11 is 5.25. The second-order valence-corrected chi connectivity index (χ2v) is 5.20. The van der Waals surface area contributed by atoms with Crippen molar-refractivity contribution in [2.45, 2.75) is 53.2 Å². The molecule has 1 aromatic rings. The van der Waals surface area contributed by atoms with Crippen molar-refractivity contribution >= 4 is 12.2 Å². The monoisotopic (exact) mass is 241 g/mol. The van der Waals surface area contributed by atoms with Crippen LogP contribution in [-0.2, 0) is 6.54 Å². The van der Waals surface area contributed by atoms with Crippen LogP contribution in [0.15, 0.2) is 6.20 Å². The molecule has 0 aliphatic carbocycles. The molecule has 4 heteroatoms. The molecule has 92 valence electrons. The topological polar surface area (TPSA) is 24.0 Å². The Bertz CT molecular complexity index is 368. The van der Waals surface area contributed by atoms with Crippen LogP contribution in [0.1, 0.15) is 33.4 Å². The van der Waals surface area contributed by atoms with E-state index in [1.165, 1.54) is 5.69 Å². The molecular formula is C12H23N3S. The van der Waals surface area contributed by atoms with E-state index in [2.05, 4.69) is 49.1 Å². The lowest BCUT2D eigenvalue weighted by Crippen LogP contribution is -2.39. The van der Waals surface area contributed by atoms with Gasteiger partial charge in [-0.3, -0.25) is 4.90 Å². The van der Waals surface area contributed by atoms with Crippen molar-refractivity contribution < 1.29 is 0 Å². The molecule has 0 saturated heterocycles. The van der Waals surface area contributed by atoms with Crippen LogP contribution in [-0.4, -0.2) is 33.1 Å². The number of nitrogens with one attached hydrogen (secondary N) is 1. The number of imidazole rings is 1. The lowest BCUT2D eigenvalue weighted by atomic mass is 10.2. The molecule has 0 fully saturated rings. The van der Waals surface area contributed by atoms with Crippen LogP contribution in [0.5, 0.6) is 0 Å². The molecule has 0 saturated carbocycles. The van der Waals surface area contributed by atoms with E-state index in [0.717, 1.165) is 17.9 Å². The first-order valence-corrected chi connectivity index (χ1v) is 6.35. The summed E-state index contributed by atoms with van der Waals surface area (Å²) in [5.41, 5.74) is 1.21. The highest BCUT2D eigenvalue weighted by Gasteiger charge is 2.13. The first-order valence-electron chi connectivity index (χ1n) is 5.94. The standard InChI is InChI=1S/C12H23N3S/c1-9(2)14(10(3)4)6-7-15-11(5)8-13-12(15)16/h8-10H,6-7H2,1-5H3,(H,13,16). The summed E-state index contributed by atoms with van der Waals surface area (Å²) in [6.07, 6.45) is 1.97. The fourth-order valence-corrected chi connectivity index (χ4v) is 2.38. The molecule has 0 amide bonds. The second-order valence-electron chi connectivity index (χ2n) is 4.81. The molecule has 0 aliphatic rings. The highest BCUT2D eigenvalue weighted by atomic mass is 32.1. The summed E-state index contributed by atoms with van der Waals surface area (Å²) in [5, 5.41) is 0. The van der Waals surface area contributed by atoms with E-state index in [4.69, 9.17) is 12.2 Å². The van der Waals surface area contributed by atoms with Crippen molar-refractivity contribution in [2.75, 3.05) is 6.54 Å². The smallest absolute Gasteiger partial charge is 0.177 e. The maximum atomic E-state index is 5.25. The maximum Gasteiger partial charge on any atom is 0.177 e. The van der Waals surface area contributed by atoms with Gasteiger partial charge in [0.05, 0.1) is 0 Å². The minimum Gasteiger partial charge on any atom is -0.337 e. The minimum atomic E-state index is 0.577. The Morgan fingerprint density at radius 3 is 2.25 bits per heavy atom. The van der Waals surface area contributed by atoms with Crippen LogP contribution in [0.2, 0.25) is 0 Å². The van der Waals surface area contributed by atoms with E-state index in [1.54, 1.807) is 0 Å². The Labute approximate surface area is 103 Å². The van der Waals surface area contributed by atoms with Gasteiger partial charge in [0.25, 0.3) is 0 Å². The van der Waals surface area contributed by atoms with Crippen LogP contribution >= 0.6 is 12.2 Å². The fraction of sp³-hybridized carbons (Fsp3) is 0.750. The number of aromatic amines is 1. The van der Waals surface area contributed by atoms with Crippen LogP contribution in [0, 0.1) is 11.7 Å². The molecule has 16 heavy (non-hydrogen) atoms. The third kappa shape index (κ3) is 3.19. The molecule has 3 nitrogen and oxygen atoms in total. The molecule has 0 unspecified atom stereocenters. The van der Waals surface area contributed by atoms with Gasteiger partial charge in [0.1, 0.15) is 0 Å². The van der Waals surface area contributed by atoms with Gasteiger partial charge in [-0.2, -0.15) is 0 Å². The average molecular weight is 241 g/mol. The molecular weight excluding hydrogens is 218 g/mol. The van der Waals surface area contributed by atoms with E-state index >= 15 is 0 Å². The van der Waals surface area contributed by atoms with Gasteiger partial charge < -0.3 is 9.55 Å². The SMILES string of the molecule is Cc1c[nH]c(=S)n1CCN(C(C)C)C(C)C. The van der Waals surface area contributed by atoms with Gasteiger partial charge in [-0.1, -0.05) is 0 Å². The van der Waals surface area contributed by atoms with Crippen molar-refractivity contribution in [1.29, 1.82) is 0 Å². The van der Waals surface area contributed by atoms with E-state index < -0.39 is 0 Å². The third-order valence-electron chi connectivity index (χ3n) is 2.98. The molecule has 0 aromatic carbocycles.